The Labute approximate surface area is 123 Å². The third-order valence-corrected chi connectivity index (χ3v) is 5.38. The lowest BCUT2D eigenvalue weighted by atomic mass is 9.89. The largest absolute Gasteiger partial charge is 0.347 e. The van der Waals surface area contributed by atoms with Gasteiger partial charge < -0.3 is 19.4 Å². The van der Waals surface area contributed by atoms with Crippen molar-refractivity contribution in [2.24, 2.45) is 7.05 Å². The van der Waals surface area contributed by atoms with Crippen molar-refractivity contribution in [2.75, 3.05) is 19.8 Å². The quantitative estimate of drug-likeness (QED) is 0.901. The number of thioether (sulfide) groups is 1. The molecule has 112 valence electrons. The minimum Gasteiger partial charge on any atom is -0.347 e. The molecule has 0 radical (unpaired) electrons. The molecule has 0 aromatic carbocycles. The molecule has 2 heterocycles. The highest BCUT2D eigenvalue weighted by atomic mass is 32.2. The second kappa shape index (κ2) is 6.01. The third kappa shape index (κ3) is 2.86. The van der Waals surface area contributed by atoms with Crippen molar-refractivity contribution in [2.45, 2.75) is 48.4 Å². The van der Waals surface area contributed by atoms with Gasteiger partial charge in [-0.3, -0.25) is 0 Å². The van der Waals surface area contributed by atoms with Crippen LogP contribution in [0.15, 0.2) is 11.5 Å². The summed E-state index contributed by atoms with van der Waals surface area (Å²) in [5.74, 6) is -0.359. The van der Waals surface area contributed by atoms with Crippen LogP contribution in [0, 0.1) is 0 Å². The number of aryl methyl sites for hydroxylation is 1. The first-order chi connectivity index (χ1) is 9.72. The molecule has 2 atom stereocenters. The molecule has 2 unspecified atom stereocenters. The van der Waals surface area contributed by atoms with Crippen molar-refractivity contribution in [3.8, 4) is 0 Å². The summed E-state index contributed by atoms with van der Waals surface area (Å²) in [5.41, 5.74) is 0. The molecule has 20 heavy (non-hydrogen) atoms. The minimum absolute atomic E-state index is 0.359. The van der Waals surface area contributed by atoms with Crippen LogP contribution in [-0.2, 0) is 16.5 Å². The van der Waals surface area contributed by atoms with Gasteiger partial charge in [0.25, 0.3) is 0 Å². The first kappa shape index (κ1) is 14.3. The van der Waals surface area contributed by atoms with Gasteiger partial charge in [0.2, 0.25) is 0 Å². The molecule has 1 saturated carbocycles. The number of ether oxygens (including phenoxy) is 2. The van der Waals surface area contributed by atoms with Crippen LogP contribution in [0.25, 0.3) is 0 Å². The lowest BCUT2D eigenvalue weighted by molar-refractivity contribution is -0.178. The fourth-order valence-electron chi connectivity index (χ4n) is 3.01. The van der Waals surface area contributed by atoms with E-state index < -0.39 is 0 Å². The highest BCUT2D eigenvalue weighted by molar-refractivity contribution is 7.99. The standard InChI is InChI=1S/C13H22N4O2S/c1-3-14-10-4-5-13(18-6-7-19-13)8-11(10)20-12-16-15-9-17(12)2/h9-11,14H,3-8H2,1-2H3. The predicted molar refractivity (Wildman–Crippen MR) is 76.6 cm³/mol. The molecule has 1 aromatic rings. The van der Waals surface area contributed by atoms with Crippen molar-refractivity contribution in [3.05, 3.63) is 6.33 Å². The lowest BCUT2D eigenvalue weighted by Crippen LogP contribution is -2.49. The zero-order valence-corrected chi connectivity index (χ0v) is 12.9. The molecule has 1 saturated heterocycles. The molecule has 1 spiro atoms. The maximum absolute atomic E-state index is 5.88. The average molecular weight is 298 g/mol. The van der Waals surface area contributed by atoms with Crippen LogP contribution < -0.4 is 5.32 Å². The van der Waals surface area contributed by atoms with E-state index in [0.717, 1.165) is 31.0 Å². The van der Waals surface area contributed by atoms with Gasteiger partial charge in [-0.1, -0.05) is 18.7 Å². The SMILES string of the molecule is CCNC1CCC2(CC1Sc1nncn1C)OCCO2. The zero-order valence-electron chi connectivity index (χ0n) is 12.0. The molecule has 1 aromatic heterocycles. The molecule has 7 heteroatoms. The Hall–Kier alpha value is -0.630. The van der Waals surface area contributed by atoms with Crippen LogP contribution in [0.1, 0.15) is 26.2 Å². The van der Waals surface area contributed by atoms with E-state index in [1.807, 2.05) is 11.6 Å². The van der Waals surface area contributed by atoms with Crippen LogP contribution in [0.2, 0.25) is 0 Å². The number of hydrogen-bond acceptors (Lipinski definition) is 6. The van der Waals surface area contributed by atoms with E-state index in [2.05, 4.69) is 22.4 Å². The molecular formula is C13H22N4O2S. The molecule has 0 bridgehead atoms. The fraction of sp³-hybridized carbons (Fsp3) is 0.846. The van der Waals surface area contributed by atoms with Gasteiger partial charge >= 0.3 is 0 Å². The smallest absolute Gasteiger partial charge is 0.191 e. The van der Waals surface area contributed by atoms with Gasteiger partial charge in [-0.15, -0.1) is 10.2 Å². The topological polar surface area (TPSA) is 61.2 Å². The number of aromatic nitrogens is 3. The van der Waals surface area contributed by atoms with Gasteiger partial charge in [-0.25, -0.2) is 0 Å². The summed E-state index contributed by atoms with van der Waals surface area (Å²) in [6.07, 6.45) is 4.69. The Morgan fingerprint density at radius 3 is 2.95 bits per heavy atom. The Morgan fingerprint density at radius 1 is 1.50 bits per heavy atom. The van der Waals surface area contributed by atoms with Crippen molar-refractivity contribution in [3.63, 3.8) is 0 Å². The summed E-state index contributed by atoms with van der Waals surface area (Å²) in [6.45, 7) is 4.56. The normalized spacial score (nSPS) is 29.1. The van der Waals surface area contributed by atoms with Crippen LogP contribution >= 0.6 is 11.8 Å². The van der Waals surface area contributed by atoms with E-state index in [4.69, 9.17) is 9.47 Å². The van der Waals surface area contributed by atoms with E-state index in [1.165, 1.54) is 0 Å². The predicted octanol–water partition coefficient (Wildman–Crippen LogP) is 1.18. The van der Waals surface area contributed by atoms with E-state index in [9.17, 15) is 0 Å². The van der Waals surface area contributed by atoms with Gasteiger partial charge in [0.05, 0.1) is 13.2 Å². The first-order valence-electron chi connectivity index (χ1n) is 7.24. The fourth-order valence-corrected chi connectivity index (χ4v) is 4.32. The maximum atomic E-state index is 5.88. The maximum Gasteiger partial charge on any atom is 0.191 e. The monoisotopic (exact) mass is 298 g/mol. The number of hydrogen-bond donors (Lipinski definition) is 1. The molecule has 3 rings (SSSR count). The highest BCUT2D eigenvalue weighted by Gasteiger charge is 2.45. The lowest BCUT2D eigenvalue weighted by Gasteiger charge is -2.40. The summed E-state index contributed by atoms with van der Waals surface area (Å²) < 4.78 is 13.7. The van der Waals surface area contributed by atoms with Crippen LogP contribution in [0.4, 0.5) is 0 Å². The summed E-state index contributed by atoms with van der Waals surface area (Å²) in [5, 5.41) is 13.1. The number of nitrogens with zero attached hydrogens (tertiary/aromatic N) is 3. The minimum atomic E-state index is -0.359. The van der Waals surface area contributed by atoms with Crippen LogP contribution in [0.3, 0.4) is 0 Å². The number of nitrogens with one attached hydrogen (secondary N) is 1. The van der Waals surface area contributed by atoms with Gasteiger partial charge in [-0.2, -0.15) is 0 Å². The van der Waals surface area contributed by atoms with Crippen molar-refractivity contribution in [1.29, 1.82) is 0 Å². The molecule has 6 nitrogen and oxygen atoms in total. The van der Waals surface area contributed by atoms with Crippen LogP contribution in [0.5, 0.6) is 0 Å². The average Bonchev–Trinajstić information content (AvgIpc) is 3.04. The molecule has 2 aliphatic rings. The summed E-state index contributed by atoms with van der Waals surface area (Å²) in [6, 6.07) is 0.472. The molecular weight excluding hydrogens is 276 g/mol. The van der Waals surface area contributed by atoms with E-state index in [0.29, 0.717) is 24.5 Å². The van der Waals surface area contributed by atoms with Gasteiger partial charge in [0.1, 0.15) is 6.33 Å². The molecule has 2 fully saturated rings. The summed E-state index contributed by atoms with van der Waals surface area (Å²) >= 11 is 1.77. The zero-order chi connectivity index (χ0) is 14.0. The van der Waals surface area contributed by atoms with Crippen LogP contribution in [-0.4, -0.2) is 51.6 Å². The van der Waals surface area contributed by atoms with E-state index in [1.54, 1.807) is 18.1 Å². The molecule has 0 amide bonds. The second-order valence-corrected chi connectivity index (χ2v) is 6.60. The Bertz CT molecular complexity index is 447. The highest BCUT2D eigenvalue weighted by Crippen LogP contribution is 2.42. The molecule has 1 aliphatic carbocycles. The van der Waals surface area contributed by atoms with Crippen molar-refractivity contribution in [1.82, 2.24) is 20.1 Å². The van der Waals surface area contributed by atoms with Gasteiger partial charge in [-0.05, 0) is 13.0 Å². The molecule has 1 aliphatic heterocycles. The number of rotatable bonds is 4. The van der Waals surface area contributed by atoms with Crippen molar-refractivity contribution >= 4 is 11.8 Å². The van der Waals surface area contributed by atoms with E-state index in [-0.39, 0.29) is 5.79 Å². The Balaban J connectivity index is 1.73. The summed E-state index contributed by atoms with van der Waals surface area (Å²) in [7, 11) is 1.98. The summed E-state index contributed by atoms with van der Waals surface area (Å²) in [4.78, 5) is 0. The first-order valence-corrected chi connectivity index (χ1v) is 8.12. The van der Waals surface area contributed by atoms with E-state index >= 15 is 0 Å². The third-order valence-electron chi connectivity index (χ3n) is 4.00. The Morgan fingerprint density at radius 2 is 2.30 bits per heavy atom. The van der Waals surface area contributed by atoms with Gasteiger partial charge in [0, 0.05) is 31.2 Å². The second-order valence-electron chi connectivity index (χ2n) is 5.40. The van der Waals surface area contributed by atoms with Gasteiger partial charge in [0.15, 0.2) is 10.9 Å². The van der Waals surface area contributed by atoms with Crippen molar-refractivity contribution < 1.29 is 9.47 Å². The molecule has 1 N–H and O–H groups in total. The Kier molecular flexibility index (Phi) is 4.30.